The lowest BCUT2D eigenvalue weighted by Crippen LogP contribution is -1.96. The van der Waals surface area contributed by atoms with Crippen LogP contribution in [0.2, 0.25) is 0 Å². The molecule has 0 amide bonds. The smallest absolute Gasteiger partial charge is 0.165 e. The number of aromatic amines is 1. The van der Waals surface area contributed by atoms with Crippen LogP contribution in [-0.2, 0) is 0 Å². The number of hydrogen-bond donors (Lipinski definition) is 2. The minimum atomic E-state index is -0.460. The molecule has 108 valence electrons. The van der Waals surface area contributed by atoms with Crippen molar-refractivity contribution in [3.63, 3.8) is 0 Å². The number of anilines is 2. The fourth-order valence-corrected chi connectivity index (χ4v) is 2.42. The number of H-pyrrole nitrogens is 1. The lowest BCUT2D eigenvalue weighted by molar-refractivity contribution is 0.387. The first kappa shape index (κ1) is 13.8. The lowest BCUT2D eigenvalue weighted by atomic mass is 10.2. The largest absolute Gasteiger partial charge is 0.494 e. The molecule has 0 fully saturated rings. The molecule has 2 N–H and O–H groups in total. The quantitative estimate of drug-likeness (QED) is 0.735. The number of nitrogens with zero attached hydrogens (tertiary/aromatic N) is 1. The van der Waals surface area contributed by atoms with E-state index in [4.69, 9.17) is 4.74 Å². The van der Waals surface area contributed by atoms with Crippen molar-refractivity contribution in [2.24, 2.45) is 0 Å². The van der Waals surface area contributed by atoms with Crippen LogP contribution in [0, 0.1) is 11.6 Å². The first-order valence-corrected chi connectivity index (χ1v) is 6.81. The average molecular weight is 354 g/mol. The summed E-state index contributed by atoms with van der Waals surface area (Å²) in [6, 6.07) is 6.06. The molecule has 0 saturated carbocycles. The SMILES string of the molecule is COc1cc(Nc2cc3cn[nH]c3c(F)c2Br)ccc1F. The molecule has 0 aliphatic heterocycles. The number of benzene rings is 2. The summed E-state index contributed by atoms with van der Waals surface area (Å²) >= 11 is 3.20. The molecule has 2 aromatic carbocycles. The van der Waals surface area contributed by atoms with Gasteiger partial charge in [0.25, 0.3) is 0 Å². The van der Waals surface area contributed by atoms with Crippen LogP contribution in [0.3, 0.4) is 0 Å². The predicted molar refractivity (Wildman–Crippen MR) is 80.0 cm³/mol. The van der Waals surface area contributed by atoms with Gasteiger partial charge in [-0.05, 0) is 34.1 Å². The Balaban J connectivity index is 2.03. The van der Waals surface area contributed by atoms with Crippen molar-refractivity contribution in [2.75, 3.05) is 12.4 Å². The van der Waals surface area contributed by atoms with Gasteiger partial charge in [-0.2, -0.15) is 5.10 Å². The Labute approximate surface area is 127 Å². The number of nitrogens with one attached hydrogen (secondary N) is 2. The van der Waals surface area contributed by atoms with Crippen molar-refractivity contribution in [3.8, 4) is 5.75 Å². The lowest BCUT2D eigenvalue weighted by Gasteiger charge is -2.11. The standard InChI is InChI=1S/C14H10BrF2N3O/c1-21-11-5-8(2-3-9(11)16)19-10-4-7-6-18-20-14(7)13(17)12(10)15/h2-6,19H,1H3,(H,18,20). The Kier molecular flexibility index (Phi) is 3.50. The molecule has 7 heteroatoms. The van der Waals surface area contributed by atoms with E-state index in [0.29, 0.717) is 22.3 Å². The maximum Gasteiger partial charge on any atom is 0.165 e. The number of rotatable bonds is 3. The van der Waals surface area contributed by atoms with Crippen LogP contribution in [0.25, 0.3) is 10.9 Å². The van der Waals surface area contributed by atoms with Crippen molar-refractivity contribution in [2.45, 2.75) is 0 Å². The third-order valence-corrected chi connectivity index (χ3v) is 3.82. The van der Waals surface area contributed by atoms with Crippen LogP contribution in [0.4, 0.5) is 20.2 Å². The minimum Gasteiger partial charge on any atom is -0.494 e. The Morgan fingerprint density at radius 2 is 2.10 bits per heavy atom. The van der Waals surface area contributed by atoms with E-state index in [9.17, 15) is 8.78 Å². The van der Waals surface area contributed by atoms with E-state index in [2.05, 4.69) is 31.4 Å². The molecule has 0 spiro atoms. The number of ether oxygens (including phenoxy) is 1. The van der Waals surface area contributed by atoms with Gasteiger partial charge in [-0.1, -0.05) is 0 Å². The number of aromatic nitrogens is 2. The molecule has 3 rings (SSSR count). The van der Waals surface area contributed by atoms with Gasteiger partial charge in [0, 0.05) is 17.1 Å². The van der Waals surface area contributed by atoms with E-state index in [1.165, 1.54) is 25.4 Å². The van der Waals surface area contributed by atoms with Crippen molar-refractivity contribution in [3.05, 3.63) is 46.6 Å². The summed E-state index contributed by atoms with van der Waals surface area (Å²) in [4.78, 5) is 0. The highest BCUT2D eigenvalue weighted by molar-refractivity contribution is 9.10. The van der Waals surface area contributed by atoms with E-state index in [-0.39, 0.29) is 10.2 Å². The van der Waals surface area contributed by atoms with Crippen LogP contribution in [-0.4, -0.2) is 17.3 Å². The second-order valence-electron chi connectivity index (χ2n) is 4.36. The summed E-state index contributed by atoms with van der Waals surface area (Å²) in [5.41, 5.74) is 1.41. The van der Waals surface area contributed by atoms with Crippen LogP contribution < -0.4 is 10.1 Å². The van der Waals surface area contributed by atoms with Crippen LogP contribution in [0.5, 0.6) is 5.75 Å². The molecule has 3 aromatic rings. The molecule has 0 unspecified atom stereocenters. The van der Waals surface area contributed by atoms with Crippen molar-refractivity contribution < 1.29 is 13.5 Å². The predicted octanol–water partition coefficient (Wildman–Crippen LogP) is 4.36. The number of halogens is 3. The van der Waals surface area contributed by atoms with Crippen molar-refractivity contribution in [1.82, 2.24) is 10.2 Å². The van der Waals surface area contributed by atoms with Gasteiger partial charge in [-0.25, -0.2) is 8.78 Å². The highest BCUT2D eigenvalue weighted by Gasteiger charge is 2.13. The van der Waals surface area contributed by atoms with Gasteiger partial charge in [0.1, 0.15) is 5.52 Å². The molecular formula is C14H10BrF2N3O. The molecule has 1 heterocycles. The summed E-state index contributed by atoms with van der Waals surface area (Å²) in [7, 11) is 1.38. The third kappa shape index (κ3) is 2.44. The summed E-state index contributed by atoms with van der Waals surface area (Å²) < 4.78 is 32.7. The molecule has 0 atom stereocenters. The van der Waals surface area contributed by atoms with E-state index >= 15 is 0 Å². The van der Waals surface area contributed by atoms with Crippen molar-refractivity contribution in [1.29, 1.82) is 0 Å². The Bertz CT molecular complexity index is 819. The zero-order valence-electron chi connectivity index (χ0n) is 10.9. The summed E-state index contributed by atoms with van der Waals surface area (Å²) in [6.45, 7) is 0. The van der Waals surface area contributed by atoms with Gasteiger partial charge in [-0.3, -0.25) is 5.10 Å². The third-order valence-electron chi connectivity index (χ3n) is 3.05. The Hall–Kier alpha value is -2.15. The molecule has 0 bridgehead atoms. The van der Waals surface area contributed by atoms with Gasteiger partial charge in [0.2, 0.25) is 0 Å². The molecule has 0 saturated heterocycles. The fraction of sp³-hybridized carbons (Fsp3) is 0.0714. The fourth-order valence-electron chi connectivity index (χ4n) is 2.01. The van der Waals surface area contributed by atoms with Crippen LogP contribution >= 0.6 is 15.9 Å². The first-order chi connectivity index (χ1) is 10.1. The van der Waals surface area contributed by atoms with E-state index in [0.717, 1.165) is 0 Å². The summed E-state index contributed by atoms with van der Waals surface area (Å²) in [5, 5.41) is 10.1. The molecule has 0 radical (unpaired) electrons. The molecule has 21 heavy (non-hydrogen) atoms. The summed E-state index contributed by atoms with van der Waals surface area (Å²) in [6.07, 6.45) is 1.53. The highest BCUT2D eigenvalue weighted by Crippen LogP contribution is 2.34. The minimum absolute atomic E-state index is 0.112. The number of fused-ring (bicyclic) bond motifs is 1. The van der Waals surface area contributed by atoms with E-state index in [1.807, 2.05) is 0 Å². The maximum absolute atomic E-state index is 14.2. The zero-order chi connectivity index (χ0) is 15.0. The van der Waals surface area contributed by atoms with Gasteiger partial charge in [-0.15, -0.1) is 0 Å². The van der Waals surface area contributed by atoms with Crippen LogP contribution in [0.15, 0.2) is 34.9 Å². The zero-order valence-corrected chi connectivity index (χ0v) is 12.5. The monoisotopic (exact) mass is 353 g/mol. The van der Waals surface area contributed by atoms with Gasteiger partial charge < -0.3 is 10.1 Å². The van der Waals surface area contributed by atoms with E-state index < -0.39 is 11.6 Å². The molecule has 1 aromatic heterocycles. The number of methoxy groups -OCH3 is 1. The second-order valence-corrected chi connectivity index (χ2v) is 5.15. The Morgan fingerprint density at radius 3 is 2.86 bits per heavy atom. The van der Waals surface area contributed by atoms with E-state index in [1.54, 1.807) is 12.1 Å². The molecule has 4 nitrogen and oxygen atoms in total. The maximum atomic E-state index is 14.2. The van der Waals surface area contributed by atoms with Crippen LogP contribution in [0.1, 0.15) is 0 Å². The van der Waals surface area contributed by atoms with Gasteiger partial charge in [0.05, 0.1) is 23.5 Å². The van der Waals surface area contributed by atoms with Gasteiger partial charge >= 0.3 is 0 Å². The highest BCUT2D eigenvalue weighted by atomic mass is 79.9. The topological polar surface area (TPSA) is 49.9 Å². The summed E-state index contributed by atoms with van der Waals surface area (Å²) in [5.74, 6) is -0.791. The molecule has 0 aliphatic rings. The molecular weight excluding hydrogens is 344 g/mol. The van der Waals surface area contributed by atoms with Gasteiger partial charge in [0.15, 0.2) is 17.4 Å². The first-order valence-electron chi connectivity index (χ1n) is 6.02. The average Bonchev–Trinajstić information content (AvgIpc) is 2.94. The number of hydrogen-bond acceptors (Lipinski definition) is 3. The van der Waals surface area contributed by atoms with Crippen molar-refractivity contribution >= 4 is 38.2 Å². The normalized spacial score (nSPS) is 10.9. The Morgan fingerprint density at radius 1 is 1.29 bits per heavy atom. The second kappa shape index (κ2) is 5.33. The molecule has 0 aliphatic carbocycles.